The highest BCUT2D eigenvalue weighted by molar-refractivity contribution is 7.15. The lowest BCUT2D eigenvalue weighted by Gasteiger charge is -2.12. The van der Waals surface area contributed by atoms with E-state index in [1.165, 1.54) is 11.3 Å². The molecule has 0 bridgehead atoms. The number of carbonyl (C=O) groups is 1. The predicted octanol–water partition coefficient (Wildman–Crippen LogP) is 3.26. The van der Waals surface area contributed by atoms with Crippen LogP contribution >= 0.6 is 11.3 Å². The molecule has 3 N–H and O–H groups in total. The summed E-state index contributed by atoms with van der Waals surface area (Å²) in [7, 11) is 0. The third kappa shape index (κ3) is 4.82. The second-order valence-corrected chi connectivity index (χ2v) is 6.26. The number of thiazole rings is 1. The lowest BCUT2D eigenvalue weighted by atomic mass is 10.1. The van der Waals surface area contributed by atoms with Gasteiger partial charge in [0.05, 0.1) is 6.10 Å². The minimum Gasteiger partial charge on any atom is -0.387 e. The summed E-state index contributed by atoms with van der Waals surface area (Å²) in [5.74, 6) is 0. The van der Waals surface area contributed by atoms with Crippen LogP contribution in [0.3, 0.4) is 0 Å². The van der Waals surface area contributed by atoms with Gasteiger partial charge in [0.2, 0.25) is 0 Å². The molecule has 1 atom stereocenters. The lowest BCUT2D eigenvalue weighted by molar-refractivity contribution is 0.175. The lowest BCUT2D eigenvalue weighted by Crippen LogP contribution is -2.32. The Kier molecular flexibility index (Phi) is 5.91. The van der Waals surface area contributed by atoms with Gasteiger partial charge in [-0.3, -0.25) is 5.32 Å². The molecule has 1 unspecified atom stereocenters. The van der Waals surface area contributed by atoms with Crippen molar-refractivity contribution in [2.45, 2.75) is 32.8 Å². The maximum atomic E-state index is 11.8. The zero-order valence-electron chi connectivity index (χ0n) is 12.8. The number of hydrogen-bond acceptors (Lipinski definition) is 4. The fourth-order valence-corrected chi connectivity index (χ4v) is 2.96. The van der Waals surface area contributed by atoms with Crippen molar-refractivity contribution in [1.29, 1.82) is 0 Å². The van der Waals surface area contributed by atoms with Gasteiger partial charge in [0.25, 0.3) is 0 Å². The molecule has 22 heavy (non-hydrogen) atoms. The number of urea groups is 1. The van der Waals surface area contributed by atoms with Gasteiger partial charge in [0.15, 0.2) is 5.13 Å². The molecule has 1 aromatic carbocycles. The standard InChI is InChI=1S/C16H21N3O2S/c1-3-5-13-9-18-16(22-13)19-15(21)17-10-14(20)12-7-4-6-11(2)8-12/h4,6-9,14,20H,3,5,10H2,1-2H3,(H2,17,18,19,21). The SMILES string of the molecule is CCCc1cnc(NC(=O)NCC(O)c2cccc(C)c2)s1. The highest BCUT2D eigenvalue weighted by atomic mass is 32.1. The zero-order chi connectivity index (χ0) is 15.9. The third-order valence-electron chi connectivity index (χ3n) is 3.15. The number of hydrogen-bond donors (Lipinski definition) is 3. The molecule has 2 rings (SSSR count). The molecule has 0 aliphatic carbocycles. The summed E-state index contributed by atoms with van der Waals surface area (Å²) in [5.41, 5.74) is 1.87. The summed E-state index contributed by atoms with van der Waals surface area (Å²) in [5, 5.41) is 16.0. The number of aryl methyl sites for hydroxylation is 2. The maximum Gasteiger partial charge on any atom is 0.321 e. The van der Waals surface area contributed by atoms with Crippen molar-refractivity contribution in [3.05, 3.63) is 46.5 Å². The first-order chi connectivity index (χ1) is 10.6. The summed E-state index contributed by atoms with van der Waals surface area (Å²) in [6, 6.07) is 7.24. The minimum atomic E-state index is -0.724. The number of aromatic nitrogens is 1. The van der Waals surface area contributed by atoms with E-state index in [0.29, 0.717) is 5.13 Å². The molecule has 2 amide bonds. The molecule has 0 aliphatic rings. The molecule has 2 aromatic rings. The predicted molar refractivity (Wildman–Crippen MR) is 89.3 cm³/mol. The molecule has 6 heteroatoms. The number of aliphatic hydroxyl groups excluding tert-OH is 1. The van der Waals surface area contributed by atoms with E-state index < -0.39 is 6.10 Å². The molecule has 0 spiro atoms. The van der Waals surface area contributed by atoms with Crippen molar-refractivity contribution in [2.75, 3.05) is 11.9 Å². The average molecular weight is 319 g/mol. The van der Waals surface area contributed by atoms with Gasteiger partial charge in [-0.15, -0.1) is 11.3 Å². The molecule has 1 aromatic heterocycles. The number of nitrogens with one attached hydrogen (secondary N) is 2. The molecular weight excluding hydrogens is 298 g/mol. The van der Waals surface area contributed by atoms with Crippen molar-refractivity contribution in [1.82, 2.24) is 10.3 Å². The molecule has 0 fully saturated rings. The molecule has 0 radical (unpaired) electrons. The average Bonchev–Trinajstić information content (AvgIpc) is 2.92. The van der Waals surface area contributed by atoms with Gasteiger partial charge < -0.3 is 10.4 Å². The highest BCUT2D eigenvalue weighted by Gasteiger charge is 2.11. The van der Waals surface area contributed by atoms with Crippen molar-refractivity contribution in [2.24, 2.45) is 0 Å². The summed E-state index contributed by atoms with van der Waals surface area (Å²) < 4.78 is 0. The summed E-state index contributed by atoms with van der Waals surface area (Å²) in [6.45, 7) is 4.22. The smallest absolute Gasteiger partial charge is 0.321 e. The van der Waals surface area contributed by atoms with Gasteiger partial charge in [0.1, 0.15) is 0 Å². The summed E-state index contributed by atoms with van der Waals surface area (Å²) in [6.07, 6.45) is 3.08. The molecule has 0 saturated carbocycles. The first kappa shape index (κ1) is 16.5. The second-order valence-electron chi connectivity index (χ2n) is 5.15. The minimum absolute atomic E-state index is 0.155. The van der Waals surface area contributed by atoms with E-state index in [2.05, 4.69) is 22.5 Å². The van der Waals surface area contributed by atoms with E-state index in [-0.39, 0.29) is 12.6 Å². The first-order valence-corrected chi connectivity index (χ1v) is 8.14. The van der Waals surface area contributed by atoms with E-state index >= 15 is 0 Å². The largest absolute Gasteiger partial charge is 0.387 e. The van der Waals surface area contributed by atoms with Crippen LogP contribution in [0.4, 0.5) is 9.93 Å². The van der Waals surface area contributed by atoms with Crippen LogP contribution in [0, 0.1) is 6.92 Å². The van der Waals surface area contributed by atoms with Crippen molar-refractivity contribution in [3.63, 3.8) is 0 Å². The fraction of sp³-hybridized carbons (Fsp3) is 0.375. The van der Waals surface area contributed by atoms with Crippen molar-refractivity contribution >= 4 is 22.5 Å². The van der Waals surface area contributed by atoms with Gasteiger partial charge in [-0.1, -0.05) is 43.2 Å². The molecule has 1 heterocycles. The maximum absolute atomic E-state index is 11.8. The van der Waals surface area contributed by atoms with Gasteiger partial charge in [0, 0.05) is 17.6 Å². The van der Waals surface area contributed by atoms with Gasteiger partial charge in [-0.05, 0) is 18.9 Å². The van der Waals surface area contributed by atoms with E-state index in [1.54, 1.807) is 6.20 Å². The fourth-order valence-electron chi connectivity index (χ4n) is 2.05. The number of anilines is 1. The molecule has 5 nitrogen and oxygen atoms in total. The van der Waals surface area contributed by atoms with Crippen LogP contribution in [-0.4, -0.2) is 22.7 Å². The summed E-state index contributed by atoms with van der Waals surface area (Å²) >= 11 is 1.47. The van der Waals surface area contributed by atoms with Gasteiger partial charge in [-0.2, -0.15) is 0 Å². The Morgan fingerprint density at radius 3 is 3.00 bits per heavy atom. The number of aliphatic hydroxyl groups is 1. The topological polar surface area (TPSA) is 74.2 Å². The number of carbonyl (C=O) groups excluding carboxylic acids is 1. The Morgan fingerprint density at radius 1 is 1.45 bits per heavy atom. The van der Waals surface area contributed by atoms with Crippen LogP contribution in [-0.2, 0) is 6.42 Å². The van der Waals surface area contributed by atoms with Crippen LogP contribution in [0.2, 0.25) is 0 Å². The normalized spacial score (nSPS) is 12.0. The van der Waals surface area contributed by atoms with Crippen LogP contribution < -0.4 is 10.6 Å². The van der Waals surface area contributed by atoms with Crippen LogP contribution in [0.25, 0.3) is 0 Å². The summed E-state index contributed by atoms with van der Waals surface area (Å²) in [4.78, 5) is 17.1. The van der Waals surface area contributed by atoms with Crippen molar-refractivity contribution < 1.29 is 9.90 Å². The van der Waals surface area contributed by atoms with Gasteiger partial charge in [-0.25, -0.2) is 9.78 Å². The monoisotopic (exact) mass is 319 g/mol. The Morgan fingerprint density at radius 2 is 2.27 bits per heavy atom. The Balaban J connectivity index is 1.81. The Hall–Kier alpha value is -1.92. The number of benzene rings is 1. The quantitative estimate of drug-likeness (QED) is 0.765. The van der Waals surface area contributed by atoms with Gasteiger partial charge >= 0.3 is 6.03 Å². The van der Waals surface area contributed by atoms with E-state index in [1.807, 2.05) is 31.2 Å². The third-order valence-corrected chi connectivity index (χ3v) is 4.13. The molecule has 0 aliphatic heterocycles. The second kappa shape index (κ2) is 7.91. The van der Waals surface area contributed by atoms with E-state index in [9.17, 15) is 9.90 Å². The number of rotatable bonds is 6. The highest BCUT2D eigenvalue weighted by Crippen LogP contribution is 2.19. The Bertz CT molecular complexity index is 627. The number of amides is 2. The van der Waals surface area contributed by atoms with E-state index in [0.717, 1.165) is 28.8 Å². The van der Waals surface area contributed by atoms with Crippen LogP contribution in [0.15, 0.2) is 30.5 Å². The van der Waals surface area contributed by atoms with Crippen molar-refractivity contribution in [3.8, 4) is 0 Å². The van der Waals surface area contributed by atoms with E-state index in [4.69, 9.17) is 0 Å². The van der Waals surface area contributed by atoms with Crippen LogP contribution in [0.1, 0.15) is 35.5 Å². The Labute approximate surface area is 134 Å². The molecule has 0 saturated heterocycles. The van der Waals surface area contributed by atoms with Crippen LogP contribution in [0.5, 0.6) is 0 Å². The first-order valence-electron chi connectivity index (χ1n) is 7.32. The molecular formula is C16H21N3O2S. The number of nitrogens with zero attached hydrogens (tertiary/aromatic N) is 1. The zero-order valence-corrected chi connectivity index (χ0v) is 13.6. The molecule has 118 valence electrons.